The van der Waals surface area contributed by atoms with E-state index in [-0.39, 0.29) is 19.6 Å². The highest BCUT2D eigenvalue weighted by atomic mass is 16.7. The molecule has 1 aliphatic rings. The lowest BCUT2D eigenvalue weighted by Gasteiger charge is -2.39. The van der Waals surface area contributed by atoms with E-state index in [1.54, 1.807) is 0 Å². The van der Waals surface area contributed by atoms with Crippen molar-refractivity contribution in [2.45, 2.75) is 205 Å². The van der Waals surface area contributed by atoms with E-state index in [9.17, 15) is 25.2 Å². The van der Waals surface area contributed by atoms with Crippen LogP contribution < -0.4 is 0 Å². The van der Waals surface area contributed by atoms with Gasteiger partial charge in [-0.05, 0) is 77.0 Å². The van der Waals surface area contributed by atoms with Crippen molar-refractivity contribution in [1.82, 2.24) is 0 Å². The van der Waals surface area contributed by atoms with Crippen molar-refractivity contribution in [3.63, 3.8) is 0 Å². The van der Waals surface area contributed by atoms with Gasteiger partial charge in [-0.3, -0.25) is 4.79 Å². The van der Waals surface area contributed by atoms with Gasteiger partial charge in [-0.15, -0.1) is 0 Å². The van der Waals surface area contributed by atoms with Crippen LogP contribution in [-0.4, -0.2) is 89.6 Å². The number of ether oxygens (including phenoxy) is 4. The molecule has 0 aromatic carbocycles. The second-order valence-corrected chi connectivity index (χ2v) is 15.8. The lowest BCUT2D eigenvalue weighted by molar-refractivity contribution is -0.305. The van der Waals surface area contributed by atoms with Gasteiger partial charge in [0, 0.05) is 13.0 Å². The molecular weight excluding hydrogens is 757 g/mol. The smallest absolute Gasteiger partial charge is 0.306 e. The Kier molecular flexibility index (Phi) is 38.5. The highest BCUT2D eigenvalue weighted by Gasteiger charge is 2.44. The van der Waals surface area contributed by atoms with Crippen LogP contribution in [0.15, 0.2) is 85.1 Å². The average molecular weight is 843 g/mol. The average Bonchev–Trinajstić information content (AvgIpc) is 3.25. The minimum atomic E-state index is -1.55. The van der Waals surface area contributed by atoms with Crippen LogP contribution in [0.4, 0.5) is 0 Å². The Balaban J connectivity index is 2.32. The quantitative estimate of drug-likeness (QED) is 0.0271. The molecule has 0 saturated carbocycles. The summed E-state index contributed by atoms with van der Waals surface area (Å²) >= 11 is 0. The molecule has 0 bridgehead atoms. The maximum absolute atomic E-state index is 12.8. The molecule has 4 N–H and O–H groups in total. The zero-order chi connectivity index (χ0) is 43.6. The van der Waals surface area contributed by atoms with Gasteiger partial charge in [0.25, 0.3) is 0 Å². The first-order chi connectivity index (χ1) is 29.4. The second kappa shape index (κ2) is 41.7. The summed E-state index contributed by atoms with van der Waals surface area (Å²) in [5.41, 5.74) is 0. The van der Waals surface area contributed by atoms with Crippen LogP contribution in [0.25, 0.3) is 0 Å². The predicted molar refractivity (Wildman–Crippen MR) is 247 cm³/mol. The Morgan fingerprint density at radius 1 is 0.550 bits per heavy atom. The van der Waals surface area contributed by atoms with E-state index in [1.165, 1.54) is 83.5 Å². The zero-order valence-corrected chi connectivity index (χ0v) is 37.7. The van der Waals surface area contributed by atoms with Crippen molar-refractivity contribution in [2.75, 3.05) is 26.4 Å². The van der Waals surface area contributed by atoms with E-state index in [0.717, 1.165) is 57.8 Å². The summed E-state index contributed by atoms with van der Waals surface area (Å²) in [5, 5.41) is 40.2. The summed E-state index contributed by atoms with van der Waals surface area (Å²) < 4.78 is 22.7. The SMILES string of the molecule is CC/C=C\C/C=C\C/C=C\C/C=C\C/C=C\C/C=C\CCC(=O)OC(COCCCCCCCCCC/C=C\CCCCCCCC)COC1OC(CO)C(O)C(O)C1O. The van der Waals surface area contributed by atoms with Crippen molar-refractivity contribution < 1.29 is 44.2 Å². The van der Waals surface area contributed by atoms with Crippen LogP contribution in [0.1, 0.15) is 168 Å². The van der Waals surface area contributed by atoms with Gasteiger partial charge in [0.1, 0.15) is 30.5 Å². The summed E-state index contributed by atoms with van der Waals surface area (Å²) in [6.07, 6.45) is 49.1. The molecule has 60 heavy (non-hydrogen) atoms. The molecule has 9 nitrogen and oxygen atoms in total. The monoisotopic (exact) mass is 843 g/mol. The minimum Gasteiger partial charge on any atom is -0.457 e. The Morgan fingerprint density at radius 3 is 1.53 bits per heavy atom. The normalized spacial score (nSPS) is 20.8. The van der Waals surface area contributed by atoms with E-state index >= 15 is 0 Å². The van der Waals surface area contributed by atoms with E-state index in [4.69, 9.17) is 18.9 Å². The van der Waals surface area contributed by atoms with Gasteiger partial charge in [0.2, 0.25) is 0 Å². The maximum Gasteiger partial charge on any atom is 0.306 e. The molecule has 9 heteroatoms. The van der Waals surface area contributed by atoms with Gasteiger partial charge in [0.15, 0.2) is 6.29 Å². The Bertz CT molecular complexity index is 1190. The molecule has 0 aliphatic carbocycles. The van der Waals surface area contributed by atoms with Crippen LogP contribution in [0.2, 0.25) is 0 Å². The molecule has 0 aromatic rings. The molecule has 6 unspecified atom stereocenters. The zero-order valence-electron chi connectivity index (χ0n) is 37.7. The van der Waals surface area contributed by atoms with Crippen LogP contribution >= 0.6 is 0 Å². The topological polar surface area (TPSA) is 135 Å². The molecule has 6 atom stereocenters. The van der Waals surface area contributed by atoms with Crippen molar-refractivity contribution in [3.8, 4) is 0 Å². The molecule has 1 saturated heterocycles. The number of carbonyl (C=O) groups is 1. The highest BCUT2D eigenvalue weighted by Crippen LogP contribution is 2.22. The van der Waals surface area contributed by atoms with Crippen LogP contribution in [0, 0.1) is 0 Å². The van der Waals surface area contributed by atoms with Gasteiger partial charge in [-0.25, -0.2) is 0 Å². The molecular formula is C51H86O9. The molecule has 1 fully saturated rings. The Morgan fingerprint density at radius 2 is 1.02 bits per heavy atom. The number of rotatable bonds is 39. The van der Waals surface area contributed by atoms with E-state index < -0.39 is 49.4 Å². The largest absolute Gasteiger partial charge is 0.457 e. The van der Waals surface area contributed by atoms with Crippen LogP contribution in [0.5, 0.6) is 0 Å². The van der Waals surface area contributed by atoms with E-state index in [2.05, 4.69) is 86.8 Å². The van der Waals surface area contributed by atoms with Gasteiger partial charge < -0.3 is 39.4 Å². The third-order valence-electron chi connectivity index (χ3n) is 10.3. The van der Waals surface area contributed by atoms with Crippen molar-refractivity contribution >= 4 is 5.97 Å². The molecule has 344 valence electrons. The number of aliphatic hydroxyl groups excluding tert-OH is 4. The number of hydrogen-bond donors (Lipinski definition) is 4. The predicted octanol–water partition coefficient (Wildman–Crippen LogP) is 11.0. The molecule has 0 amide bonds. The molecule has 1 rings (SSSR count). The lowest BCUT2D eigenvalue weighted by atomic mass is 9.99. The fraction of sp³-hybridized carbons (Fsp3) is 0.706. The first-order valence-electron chi connectivity index (χ1n) is 23.7. The number of hydrogen-bond acceptors (Lipinski definition) is 9. The summed E-state index contributed by atoms with van der Waals surface area (Å²) in [6.45, 7) is 4.33. The number of aliphatic hydroxyl groups is 4. The van der Waals surface area contributed by atoms with Crippen molar-refractivity contribution in [3.05, 3.63) is 85.1 Å². The summed E-state index contributed by atoms with van der Waals surface area (Å²) in [4.78, 5) is 12.8. The summed E-state index contributed by atoms with van der Waals surface area (Å²) in [6, 6.07) is 0. The van der Waals surface area contributed by atoms with Crippen LogP contribution in [0.3, 0.4) is 0 Å². The molecule has 0 radical (unpaired) electrons. The fourth-order valence-electron chi connectivity index (χ4n) is 6.63. The molecule has 1 heterocycles. The van der Waals surface area contributed by atoms with Gasteiger partial charge in [-0.2, -0.15) is 0 Å². The van der Waals surface area contributed by atoms with Crippen molar-refractivity contribution in [2.24, 2.45) is 0 Å². The molecule has 1 aliphatic heterocycles. The Hall–Kier alpha value is -2.63. The highest BCUT2D eigenvalue weighted by molar-refractivity contribution is 5.69. The minimum absolute atomic E-state index is 0.108. The van der Waals surface area contributed by atoms with Gasteiger partial charge in [-0.1, -0.05) is 170 Å². The standard InChI is InChI=1S/C51H86O9/c1-3-5-7-9-11-13-15-17-19-21-23-24-26-28-30-32-34-36-38-40-47(53)59-45(44-58-51-50(56)49(55)48(54)46(42-52)60-51)43-57-41-39-37-35-33-31-29-27-25-22-20-18-16-14-12-10-8-6-4-2/h5,7,11,13,17-20,23-24,28,30,34,36,45-46,48-52,54-56H,3-4,6,8-10,12,14-16,21-22,25-27,29,31-33,35,37-44H2,1-2H3/b7-5-,13-11-,19-17-,20-18-,24-23-,30-28-,36-34-. The summed E-state index contributed by atoms with van der Waals surface area (Å²) in [7, 11) is 0. The maximum atomic E-state index is 12.8. The van der Waals surface area contributed by atoms with Crippen LogP contribution in [-0.2, 0) is 23.7 Å². The lowest BCUT2D eigenvalue weighted by Crippen LogP contribution is -2.59. The van der Waals surface area contributed by atoms with Gasteiger partial charge >= 0.3 is 5.97 Å². The first kappa shape index (κ1) is 55.4. The summed E-state index contributed by atoms with van der Waals surface area (Å²) in [5.74, 6) is -0.398. The third kappa shape index (κ3) is 32.1. The number of allylic oxidation sites excluding steroid dienone is 14. The first-order valence-corrected chi connectivity index (χ1v) is 23.7. The van der Waals surface area contributed by atoms with Crippen molar-refractivity contribution in [1.29, 1.82) is 0 Å². The van der Waals surface area contributed by atoms with E-state index in [1.807, 2.05) is 12.2 Å². The van der Waals surface area contributed by atoms with Gasteiger partial charge in [0.05, 0.1) is 19.8 Å². The molecule has 0 aromatic heterocycles. The fourth-order valence-corrected chi connectivity index (χ4v) is 6.63. The van der Waals surface area contributed by atoms with E-state index in [0.29, 0.717) is 13.0 Å². The third-order valence-corrected chi connectivity index (χ3v) is 10.3. The number of unbranched alkanes of at least 4 members (excludes halogenated alkanes) is 14. The number of carbonyl (C=O) groups excluding carboxylic acids is 1. The second-order valence-electron chi connectivity index (χ2n) is 15.8. The molecule has 0 spiro atoms. The Labute approximate surface area is 365 Å². The number of esters is 1.